The molecule has 0 unspecified atom stereocenters. The van der Waals surface area contributed by atoms with Crippen molar-refractivity contribution in [2.24, 2.45) is 7.05 Å². The monoisotopic (exact) mass is 629 g/mol. The molecule has 6 nitrogen and oxygen atoms in total. The van der Waals surface area contributed by atoms with Crippen molar-refractivity contribution in [2.75, 3.05) is 44.2 Å². The van der Waals surface area contributed by atoms with Crippen molar-refractivity contribution in [2.45, 2.75) is 30.9 Å². The van der Waals surface area contributed by atoms with E-state index in [9.17, 15) is 18.0 Å². The number of rotatable bonds is 8. The van der Waals surface area contributed by atoms with Gasteiger partial charge < -0.3 is 14.8 Å². The lowest BCUT2D eigenvalue weighted by Gasteiger charge is -2.35. The zero-order valence-electron chi connectivity index (χ0n) is 23.7. The maximum absolute atomic E-state index is 13.7. The predicted octanol–water partition coefficient (Wildman–Crippen LogP) is 6.82. The molecule has 2 aliphatic rings. The first-order chi connectivity index (χ1) is 20.6. The van der Waals surface area contributed by atoms with Crippen LogP contribution in [0.3, 0.4) is 0 Å². The first-order valence-electron chi connectivity index (χ1n) is 14.4. The summed E-state index contributed by atoms with van der Waals surface area (Å²) >= 11 is 12.4. The Bertz CT molecular complexity index is 1620. The van der Waals surface area contributed by atoms with Crippen LogP contribution in [0, 0.1) is 0 Å². The Balaban J connectivity index is 1.12. The van der Waals surface area contributed by atoms with Crippen molar-refractivity contribution in [3.63, 3.8) is 0 Å². The lowest BCUT2D eigenvalue weighted by atomic mass is 9.73. The van der Waals surface area contributed by atoms with E-state index in [0.717, 1.165) is 78.4 Å². The molecule has 0 spiro atoms. The molecule has 226 valence electrons. The van der Waals surface area contributed by atoms with Crippen LogP contribution in [0.2, 0.25) is 10.0 Å². The molecule has 0 radical (unpaired) electrons. The summed E-state index contributed by atoms with van der Waals surface area (Å²) in [7, 11) is 1.97. The minimum Gasteiger partial charge on any atom is -0.346 e. The number of anilines is 1. The fourth-order valence-corrected chi connectivity index (χ4v) is 6.95. The topological polar surface area (TPSA) is 53.4 Å². The van der Waals surface area contributed by atoms with Crippen LogP contribution >= 0.6 is 23.2 Å². The lowest BCUT2D eigenvalue weighted by Crippen LogP contribution is -2.48. The number of alkyl halides is 3. The number of carbonyl (C=O) groups excluding carboxylic acids is 1. The first-order valence-corrected chi connectivity index (χ1v) is 15.2. The van der Waals surface area contributed by atoms with E-state index in [1.54, 1.807) is 6.07 Å². The number of nitrogens with one attached hydrogen (secondary N) is 1. The summed E-state index contributed by atoms with van der Waals surface area (Å²) in [5.74, 6) is 0.277. The Kier molecular flexibility index (Phi) is 8.08. The number of hydrogen-bond donors (Lipinski definition) is 1. The second-order valence-electron chi connectivity index (χ2n) is 11.3. The van der Waals surface area contributed by atoms with Gasteiger partial charge in [-0.2, -0.15) is 13.2 Å². The van der Waals surface area contributed by atoms with Gasteiger partial charge in [0.25, 0.3) is 0 Å². The SMILES string of the molecule is Cn1c(N2CCN(CCCCC3(C(=O)NCC(F)(F)F)c4ccccc4-c4ccccc43)CC2)nc2cc(Cl)c(Cl)cc21. The van der Waals surface area contributed by atoms with Crippen LogP contribution in [0.1, 0.15) is 30.4 Å². The Morgan fingerprint density at radius 3 is 2.16 bits per heavy atom. The van der Waals surface area contributed by atoms with Crippen LogP contribution < -0.4 is 10.2 Å². The third kappa shape index (κ3) is 5.58. The second-order valence-corrected chi connectivity index (χ2v) is 12.1. The van der Waals surface area contributed by atoms with Gasteiger partial charge in [-0.05, 0) is 53.8 Å². The number of unbranched alkanes of at least 4 members (excludes halogenated alkanes) is 1. The van der Waals surface area contributed by atoms with E-state index >= 15 is 0 Å². The third-order valence-electron chi connectivity index (χ3n) is 8.73. The molecule has 1 amide bonds. The molecule has 1 saturated heterocycles. The molecule has 1 N–H and O–H groups in total. The minimum atomic E-state index is -4.49. The highest BCUT2D eigenvalue weighted by molar-refractivity contribution is 6.42. The quantitative estimate of drug-likeness (QED) is 0.217. The number of fused-ring (bicyclic) bond motifs is 4. The summed E-state index contributed by atoms with van der Waals surface area (Å²) in [6.45, 7) is 2.81. The van der Waals surface area contributed by atoms with Crippen LogP contribution in [0.4, 0.5) is 19.1 Å². The molecule has 1 aliphatic heterocycles. The number of amides is 1. The van der Waals surface area contributed by atoms with Gasteiger partial charge in [0.2, 0.25) is 11.9 Å². The molecule has 1 fully saturated rings. The van der Waals surface area contributed by atoms with Crippen molar-refractivity contribution in [1.82, 2.24) is 19.8 Å². The number of hydrogen-bond acceptors (Lipinski definition) is 4. The zero-order chi connectivity index (χ0) is 30.4. The Morgan fingerprint density at radius 1 is 0.930 bits per heavy atom. The highest BCUT2D eigenvalue weighted by Gasteiger charge is 2.49. The Labute approximate surface area is 258 Å². The molecule has 11 heteroatoms. The van der Waals surface area contributed by atoms with Crippen molar-refractivity contribution >= 4 is 46.1 Å². The molecule has 2 heterocycles. The highest BCUT2D eigenvalue weighted by Crippen LogP contribution is 2.51. The Hall–Kier alpha value is -3.27. The molecule has 43 heavy (non-hydrogen) atoms. The maximum atomic E-state index is 13.7. The van der Waals surface area contributed by atoms with E-state index < -0.39 is 24.0 Å². The van der Waals surface area contributed by atoms with E-state index in [1.807, 2.05) is 66.2 Å². The van der Waals surface area contributed by atoms with Gasteiger partial charge in [0, 0.05) is 33.2 Å². The smallest absolute Gasteiger partial charge is 0.346 e. The van der Waals surface area contributed by atoms with E-state index in [0.29, 0.717) is 22.9 Å². The van der Waals surface area contributed by atoms with Crippen LogP contribution in [-0.2, 0) is 17.3 Å². The number of imidazole rings is 1. The van der Waals surface area contributed by atoms with Crippen molar-refractivity contribution in [1.29, 1.82) is 0 Å². The molecule has 3 aromatic carbocycles. The number of nitrogens with zero attached hydrogens (tertiary/aromatic N) is 4. The largest absolute Gasteiger partial charge is 0.405 e. The molecule has 4 aromatic rings. The molecular weight excluding hydrogens is 598 g/mol. The number of halogens is 5. The second kappa shape index (κ2) is 11.7. The number of benzene rings is 3. The third-order valence-corrected chi connectivity index (χ3v) is 9.45. The van der Waals surface area contributed by atoms with Gasteiger partial charge in [-0.25, -0.2) is 4.98 Å². The summed E-state index contributed by atoms with van der Waals surface area (Å²) in [5, 5.41) is 3.19. The van der Waals surface area contributed by atoms with Gasteiger partial charge in [0.05, 0.1) is 21.1 Å². The van der Waals surface area contributed by atoms with E-state index in [1.165, 1.54) is 0 Å². The Morgan fingerprint density at radius 2 is 1.53 bits per heavy atom. The first kappa shape index (κ1) is 29.8. The predicted molar refractivity (Wildman–Crippen MR) is 165 cm³/mol. The molecular formula is C32H32Cl2F3N5O. The van der Waals surface area contributed by atoms with Crippen molar-refractivity contribution in [3.05, 3.63) is 81.8 Å². The van der Waals surface area contributed by atoms with E-state index in [2.05, 4.69) is 15.1 Å². The van der Waals surface area contributed by atoms with Gasteiger partial charge in [-0.15, -0.1) is 0 Å². The zero-order valence-corrected chi connectivity index (χ0v) is 25.2. The summed E-state index contributed by atoms with van der Waals surface area (Å²) in [5.41, 5.74) is 3.92. The van der Waals surface area contributed by atoms with Crippen molar-refractivity contribution < 1.29 is 18.0 Å². The van der Waals surface area contributed by atoms with Crippen LogP contribution in [0.25, 0.3) is 22.2 Å². The van der Waals surface area contributed by atoms with E-state index in [4.69, 9.17) is 28.2 Å². The van der Waals surface area contributed by atoms with Crippen LogP contribution in [0.15, 0.2) is 60.7 Å². The number of aryl methyl sites for hydroxylation is 1. The fourth-order valence-electron chi connectivity index (χ4n) is 6.64. The summed E-state index contributed by atoms with van der Waals surface area (Å²) in [4.78, 5) is 23.1. The molecule has 6 rings (SSSR count). The van der Waals surface area contributed by atoms with Crippen LogP contribution in [0.5, 0.6) is 0 Å². The normalized spacial score (nSPS) is 16.4. The molecule has 1 aromatic heterocycles. The average Bonchev–Trinajstić information content (AvgIpc) is 3.46. The van der Waals surface area contributed by atoms with Gasteiger partial charge in [0.1, 0.15) is 12.0 Å². The standard InChI is InChI=1S/C32H32Cl2F3N5O/c1-40-28-19-26(34)25(33)18-27(28)39-30(40)42-16-14-41(15-17-42)13-7-6-12-31(29(43)38-20-32(35,36)37)23-10-4-2-8-21(23)22-9-3-5-11-24(22)31/h2-5,8-11,18-19H,6-7,12-17,20H2,1H3,(H,38,43). The van der Waals surface area contributed by atoms with E-state index in [-0.39, 0.29) is 0 Å². The highest BCUT2D eigenvalue weighted by atomic mass is 35.5. The number of piperazine rings is 1. The average molecular weight is 631 g/mol. The number of aromatic nitrogens is 2. The molecule has 0 atom stereocenters. The summed E-state index contributed by atoms with van der Waals surface area (Å²) in [6.07, 6.45) is -2.55. The minimum absolute atomic E-state index is 0.426. The number of carbonyl (C=O) groups is 1. The van der Waals surface area contributed by atoms with Crippen molar-refractivity contribution in [3.8, 4) is 11.1 Å². The lowest BCUT2D eigenvalue weighted by molar-refractivity contribution is -0.141. The maximum Gasteiger partial charge on any atom is 0.405 e. The van der Waals surface area contributed by atoms with Crippen LogP contribution in [-0.4, -0.2) is 65.8 Å². The molecule has 0 bridgehead atoms. The van der Waals surface area contributed by atoms with Gasteiger partial charge in [-0.1, -0.05) is 78.2 Å². The summed E-state index contributed by atoms with van der Waals surface area (Å²) < 4.78 is 41.4. The fraction of sp³-hybridized carbons (Fsp3) is 0.375. The molecule has 0 saturated carbocycles. The van der Waals surface area contributed by atoms with Gasteiger partial charge in [-0.3, -0.25) is 9.69 Å². The van der Waals surface area contributed by atoms with Gasteiger partial charge in [0.15, 0.2) is 0 Å². The summed E-state index contributed by atoms with van der Waals surface area (Å²) in [6, 6.07) is 18.8. The van der Waals surface area contributed by atoms with Gasteiger partial charge >= 0.3 is 6.18 Å². The molecule has 1 aliphatic carbocycles.